The largest absolute Gasteiger partial charge is 0.481 e. The molecule has 0 saturated carbocycles. The number of carbonyl (C=O) groups excluding carboxylic acids is 1. The molecule has 0 aliphatic rings. The van der Waals surface area contributed by atoms with Gasteiger partial charge >= 0.3 is 5.97 Å². The highest BCUT2D eigenvalue weighted by Crippen LogP contribution is 2.28. The molecule has 1 rings (SSSR count). The number of aromatic nitrogens is 1. The standard InChI is InChI=1S/C10H12F2N2O3/c1-16-7-3-5(9(11)12)6(4-13)8(14-7)10(15)17-2/h3,9H,4,13H2,1-2H3. The van der Waals surface area contributed by atoms with Crippen molar-refractivity contribution in [1.82, 2.24) is 4.98 Å². The third-order valence-corrected chi connectivity index (χ3v) is 2.16. The Morgan fingerprint density at radius 1 is 1.53 bits per heavy atom. The first-order valence-corrected chi connectivity index (χ1v) is 4.69. The van der Waals surface area contributed by atoms with Gasteiger partial charge in [0.15, 0.2) is 5.69 Å². The molecule has 0 unspecified atom stereocenters. The Hall–Kier alpha value is -1.76. The Kier molecular flexibility index (Phi) is 4.33. The molecule has 0 radical (unpaired) electrons. The van der Waals surface area contributed by atoms with Crippen LogP contribution in [0.5, 0.6) is 5.88 Å². The average Bonchev–Trinajstić information content (AvgIpc) is 2.35. The summed E-state index contributed by atoms with van der Waals surface area (Å²) in [4.78, 5) is 15.2. The predicted octanol–water partition coefficient (Wildman–Crippen LogP) is 1.27. The highest BCUT2D eigenvalue weighted by Gasteiger charge is 2.23. The molecule has 5 nitrogen and oxygen atoms in total. The number of carbonyl (C=O) groups is 1. The normalized spacial score (nSPS) is 10.5. The Morgan fingerprint density at radius 3 is 2.59 bits per heavy atom. The van der Waals surface area contributed by atoms with Gasteiger partial charge in [-0.15, -0.1) is 0 Å². The van der Waals surface area contributed by atoms with Crippen molar-refractivity contribution < 1.29 is 23.0 Å². The first-order chi connectivity index (χ1) is 8.04. The smallest absolute Gasteiger partial charge is 0.357 e. The van der Waals surface area contributed by atoms with Crippen molar-refractivity contribution in [1.29, 1.82) is 0 Å². The fraction of sp³-hybridized carbons (Fsp3) is 0.400. The van der Waals surface area contributed by atoms with Gasteiger partial charge in [0, 0.05) is 23.7 Å². The van der Waals surface area contributed by atoms with E-state index in [0.29, 0.717) is 0 Å². The second-order valence-corrected chi connectivity index (χ2v) is 3.08. The molecular formula is C10H12F2N2O3. The van der Waals surface area contributed by atoms with E-state index in [-0.39, 0.29) is 29.2 Å². The minimum absolute atomic E-state index is 0.0346. The lowest BCUT2D eigenvalue weighted by atomic mass is 10.1. The molecule has 0 aliphatic heterocycles. The number of pyridine rings is 1. The van der Waals surface area contributed by atoms with E-state index < -0.39 is 12.4 Å². The van der Waals surface area contributed by atoms with Gasteiger partial charge in [-0.25, -0.2) is 18.6 Å². The lowest BCUT2D eigenvalue weighted by Crippen LogP contribution is -2.15. The van der Waals surface area contributed by atoms with Gasteiger partial charge in [-0.3, -0.25) is 0 Å². The van der Waals surface area contributed by atoms with Crippen LogP contribution in [0.4, 0.5) is 8.78 Å². The maximum Gasteiger partial charge on any atom is 0.357 e. The van der Waals surface area contributed by atoms with E-state index in [1.165, 1.54) is 7.11 Å². The molecule has 1 aromatic heterocycles. The van der Waals surface area contributed by atoms with Gasteiger partial charge in [-0.05, 0) is 0 Å². The SMILES string of the molecule is COC(=O)c1nc(OC)cc(C(F)F)c1CN. The molecule has 0 saturated heterocycles. The summed E-state index contributed by atoms with van der Waals surface area (Å²) in [5, 5.41) is 0. The highest BCUT2D eigenvalue weighted by atomic mass is 19.3. The zero-order chi connectivity index (χ0) is 13.0. The van der Waals surface area contributed by atoms with Crippen LogP contribution in [-0.2, 0) is 11.3 Å². The van der Waals surface area contributed by atoms with E-state index >= 15 is 0 Å². The summed E-state index contributed by atoms with van der Waals surface area (Å²) in [7, 11) is 2.40. The van der Waals surface area contributed by atoms with E-state index in [1.54, 1.807) is 0 Å². The fourth-order valence-corrected chi connectivity index (χ4v) is 1.35. The van der Waals surface area contributed by atoms with Crippen LogP contribution in [0, 0.1) is 0 Å². The van der Waals surface area contributed by atoms with Crippen LogP contribution in [0.25, 0.3) is 0 Å². The van der Waals surface area contributed by atoms with Gasteiger partial charge in [-0.1, -0.05) is 0 Å². The van der Waals surface area contributed by atoms with Crippen molar-refractivity contribution >= 4 is 5.97 Å². The summed E-state index contributed by atoms with van der Waals surface area (Å²) >= 11 is 0. The number of rotatable bonds is 4. The van der Waals surface area contributed by atoms with Crippen LogP contribution < -0.4 is 10.5 Å². The van der Waals surface area contributed by atoms with E-state index in [1.807, 2.05) is 0 Å². The van der Waals surface area contributed by atoms with Gasteiger partial charge in [0.2, 0.25) is 5.88 Å². The van der Waals surface area contributed by atoms with Crippen LogP contribution in [0.1, 0.15) is 28.0 Å². The van der Waals surface area contributed by atoms with Crippen molar-refractivity contribution in [2.45, 2.75) is 13.0 Å². The molecule has 0 fully saturated rings. The molecule has 0 aromatic carbocycles. The molecule has 0 atom stereocenters. The summed E-state index contributed by atoms with van der Waals surface area (Å²) in [6, 6.07) is 1.05. The molecule has 1 aromatic rings. The fourth-order valence-electron chi connectivity index (χ4n) is 1.35. The summed E-state index contributed by atoms with van der Waals surface area (Å²) in [5.74, 6) is -0.913. The molecule has 2 N–H and O–H groups in total. The number of methoxy groups -OCH3 is 2. The minimum atomic E-state index is -2.77. The number of nitrogens with zero attached hydrogens (tertiary/aromatic N) is 1. The molecule has 0 aliphatic carbocycles. The number of hydrogen-bond acceptors (Lipinski definition) is 5. The van der Waals surface area contributed by atoms with E-state index in [0.717, 1.165) is 13.2 Å². The van der Waals surface area contributed by atoms with Crippen LogP contribution in [-0.4, -0.2) is 25.2 Å². The maximum atomic E-state index is 12.8. The van der Waals surface area contributed by atoms with Crippen LogP contribution >= 0.6 is 0 Å². The highest BCUT2D eigenvalue weighted by molar-refractivity contribution is 5.89. The molecule has 94 valence electrons. The second-order valence-electron chi connectivity index (χ2n) is 3.08. The average molecular weight is 246 g/mol. The topological polar surface area (TPSA) is 74.4 Å². The molecule has 0 spiro atoms. The van der Waals surface area contributed by atoms with Crippen molar-refractivity contribution in [2.24, 2.45) is 5.73 Å². The van der Waals surface area contributed by atoms with Crippen LogP contribution in [0.2, 0.25) is 0 Å². The summed E-state index contributed by atoms with van der Waals surface area (Å²) in [6.45, 7) is -0.235. The maximum absolute atomic E-state index is 12.8. The number of alkyl halides is 2. The van der Waals surface area contributed by atoms with Crippen molar-refractivity contribution in [2.75, 3.05) is 14.2 Å². The Labute approximate surface area is 96.5 Å². The second kappa shape index (κ2) is 5.53. The summed E-state index contributed by atoms with van der Waals surface area (Å²) < 4.78 is 34.8. The summed E-state index contributed by atoms with van der Waals surface area (Å²) in [5.41, 5.74) is 4.70. The zero-order valence-corrected chi connectivity index (χ0v) is 9.37. The van der Waals surface area contributed by atoms with Gasteiger partial charge in [-0.2, -0.15) is 0 Å². The Bertz CT molecular complexity index is 424. The number of nitrogens with two attached hydrogens (primary N) is 1. The van der Waals surface area contributed by atoms with Crippen molar-refractivity contribution in [3.8, 4) is 5.88 Å². The van der Waals surface area contributed by atoms with Gasteiger partial charge in [0.05, 0.1) is 14.2 Å². The molecule has 17 heavy (non-hydrogen) atoms. The Morgan fingerprint density at radius 2 is 2.18 bits per heavy atom. The third kappa shape index (κ3) is 2.68. The van der Waals surface area contributed by atoms with E-state index in [9.17, 15) is 13.6 Å². The van der Waals surface area contributed by atoms with Crippen LogP contribution in [0.3, 0.4) is 0 Å². The molecule has 7 heteroatoms. The molecule has 1 heterocycles. The zero-order valence-electron chi connectivity index (χ0n) is 9.37. The first kappa shape index (κ1) is 13.3. The number of hydrogen-bond donors (Lipinski definition) is 1. The van der Waals surface area contributed by atoms with Gasteiger partial charge < -0.3 is 15.2 Å². The van der Waals surface area contributed by atoms with E-state index in [4.69, 9.17) is 10.5 Å². The molecular weight excluding hydrogens is 234 g/mol. The minimum Gasteiger partial charge on any atom is -0.481 e. The van der Waals surface area contributed by atoms with Crippen molar-refractivity contribution in [3.63, 3.8) is 0 Å². The monoisotopic (exact) mass is 246 g/mol. The lowest BCUT2D eigenvalue weighted by molar-refractivity contribution is 0.0590. The third-order valence-electron chi connectivity index (χ3n) is 2.16. The van der Waals surface area contributed by atoms with Crippen LogP contribution in [0.15, 0.2) is 6.07 Å². The summed E-state index contributed by atoms with van der Waals surface area (Å²) in [6.07, 6.45) is -2.77. The van der Waals surface area contributed by atoms with Gasteiger partial charge in [0.25, 0.3) is 6.43 Å². The molecule has 0 bridgehead atoms. The lowest BCUT2D eigenvalue weighted by Gasteiger charge is -2.12. The molecule has 0 amide bonds. The number of esters is 1. The quantitative estimate of drug-likeness (QED) is 0.810. The Balaban J connectivity index is 3.44. The van der Waals surface area contributed by atoms with E-state index in [2.05, 4.69) is 9.72 Å². The van der Waals surface area contributed by atoms with Crippen molar-refractivity contribution in [3.05, 3.63) is 22.9 Å². The number of halogens is 2. The predicted molar refractivity (Wildman–Crippen MR) is 55.0 cm³/mol. The first-order valence-electron chi connectivity index (χ1n) is 4.69. The number of ether oxygens (including phenoxy) is 2. The van der Waals surface area contributed by atoms with Gasteiger partial charge in [0.1, 0.15) is 0 Å².